The lowest BCUT2D eigenvalue weighted by atomic mass is 10.1. The average molecular weight is 196 g/mol. The molecular weight excluding hydrogens is 172 g/mol. The molecule has 1 N–H and O–H groups in total. The van der Waals surface area contributed by atoms with Crippen molar-refractivity contribution in [1.82, 2.24) is 10.2 Å². The lowest BCUT2D eigenvalue weighted by Crippen LogP contribution is -2.32. The predicted octanol–water partition coefficient (Wildman–Crippen LogP) is 1.72. The van der Waals surface area contributed by atoms with Crippen molar-refractivity contribution in [2.45, 2.75) is 38.6 Å². The lowest BCUT2D eigenvalue weighted by molar-refractivity contribution is 0.343. The first-order valence-electron chi connectivity index (χ1n) is 6.17. The zero-order chi connectivity index (χ0) is 9.97. The molecule has 0 radical (unpaired) electrons. The number of rotatable bonds is 3. The maximum Gasteiger partial charge on any atom is 0.00798 e. The highest BCUT2D eigenvalue weighted by molar-refractivity contribution is 4.85. The first-order chi connectivity index (χ1) is 6.75. The van der Waals surface area contributed by atoms with Gasteiger partial charge in [0, 0.05) is 6.04 Å². The first-order valence-corrected chi connectivity index (χ1v) is 6.17. The highest BCUT2D eigenvalue weighted by Crippen LogP contribution is 2.36. The summed E-state index contributed by atoms with van der Waals surface area (Å²) in [6.07, 6.45) is 5.55. The van der Waals surface area contributed by atoms with Gasteiger partial charge in [-0.25, -0.2) is 0 Å². The maximum absolute atomic E-state index is 3.75. The van der Waals surface area contributed by atoms with Crippen LogP contribution < -0.4 is 5.32 Å². The van der Waals surface area contributed by atoms with E-state index in [0.717, 1.165) is 17.9 Å². The van der Waals surface area contributed by atoms with Crippen molar-refractivity contribution in [3.8, 4) is 0 Å². The Morgan fingerprint density at radius 2 is 2.07 bits per heavy atom. The maximum atomic E-state index is 3.75. The fraction of sp³-hybridized carbons (Fsp3) is 1.00. The van der Waals surface area contributed by atoms with E-state index in [1.807, 2.05) is 0 Å². The third kappa shape index (κ3) is 2.96. The van der Waals surface area contributed by atoms with Crippen molar-refractivity contribution in [1.29, 1.82) is 0 Å². The van der Waals surface area contributed by atoms with Gasteiger partial charge in [-0.1, -0.05) is 6.92 Å². The molecule has 1 aliphatic heterocycles. The van der Waals surface area contributed by atoms with E-state index < -0.39 is 0 Å². The number of likely N-dealkylation sites (tertiary alicyclic amines) is 1. The van der Waals surface area contributed by atoms with Crippen molar-refractivity contribution < 1.29 is 0 Å². The molecule has 0 aromatic heterocycles. The van der Waals surface area contributed by atoms with Crippen molar-refractivity contribution in [3.63, 3.8) is 0 Å². The number of hydrogen-bond donors (Lipinski definition) is 1. The summed E-state index contributed by atoms with van der Waals surface area (Å²) in [7, 11) is 2.24. The molecule has 14 heavy (non-hydrogen) atoms. The van der Waals surface area contributed by atoms with Gasteiger partial charge in [-0.15, -0.1) is 0 Å². The van der Waals surface area contributed by atoms with Crippen LogP contribution in [-0.2, 0) is 0 Å². The van der Waals surface area contributed by atoms with Crippen LogP contribution in [0.1, 0.15) is 32.6 Å². The normalized spacial score (nSPS) is 39.4. The average Bonchev–Trinajstić information content (AvgIpc) is 2.88. The summed E-state index contributed by atoms with van der Waals surface area (Å²) in [6, 6.07) is 0.799. The molecule has 1 heterocycles. The fourth-order valence-electron chi connectivity index (χ4n) is 2.45. The molecule has 0 spiro atoms. The molecule has 2 fully saturated rings. The first kappa shape index (κ1) is 10.4. The van der Waals surface area contributed by atoms with Gasteiger partial charge in [0.05, 0.1) is 0 Å². The van der Waals surface area contributed by atoms with Crippen LogP contribution in [0.4, 0.5) is 0 Å². The van der Waals surface area contributed by atoms with Gasteiger partial charge in [-0.3, -0.25) is 0 Å². The van der Waals surface area contributed by atoms with Crippen LogP contribution in [-0.4, -0.2) is 37.6 Å². The summed E-state index contributed by atoms with van der Waals surface area (Å²) in [5.74, 6) is 1.99. The van der Waals surface area contributed by atoms with Crippen LogP contribution >= 0.6 is 0 Å². The minimum atomic E-state index is 0.799. The Morgan fingerprint density at radius 1 is 1.29 bits per heavy atom. The smallest absolute Gasteiger partial charge is 0.00798 e. The largest absolute Gasteiger partial charge is 0.314 e. The van der Waals surface area contributed by atoms with Gasteiger partial charge in [0.25, 0.3) is 0 Å². The van der Waals surface area contributed by atoms with Crippen molar-refractivity contribution >= 4 is 0 Å². The zero-order valence-corrected chi connectivity index (χ0v) is 9.63. The molecular formula is C12H24N2. The number of nitrogens with one attached hydrogen (secondary N) is 1. The van der Waals surface area contributed by atoms with E-state index in [1.165, 1.54) is 45.3 Å². The Kier molecular flexibility index (Phi) is 3.45. The van der Waals surface area contributed by atoms with Crippen LogP contribution in [0.5, 0.6) is 0 Å². The van der Waals surface area contributed by atoms with Crippen molar-refractivity contribution in [2.75, 3.05) is 26.7 Å². The van der Waals surface area contributed by atoms with E-state index in [1.54, 1.807) is 0 Å². The van der Waals surface area contributed by atoms with E-state index in [4.69, 9.17) is 0 Å². The summed E-state index contributed by atoms with van der Waals surface area (Å²) in [6.45, 7) is 6.21. The molecule has 2 aliphatic rings. The summed E-state index contributed by atoms with van der Waals surface area (Å²) in [4.78, 5) is 2.46. The molecule has 1 saturated heterocycles. The summed E-state index contributed by atoms with van der Waals surface area (Å²) < 4.78 is 0. The van der Waals surface area contributed by atoms with E-state index in [9.17, 15) is 0 Å². The lowest BCUT2D eigenvalue weighted by Gasteiger charge is -2.16. The van der Waals surface area contributed by atoms with E-state index in [2.05, 4.69) is 24.2 Å². The molecule has 0 aromatic rings. The minimum absolute atomic E-state index is 0.799. The van der Waals surface area contributed by atoms with Gasteiger partial charge in [-0.05, 0) is 64.2 Å². The van der Waals surface area contributed by atoms with Crippen molar-refractivity contribution in [2.24, 2.45) is 11.8 Å². The second-order valence-electron chi connectivity index (χ2n) is 5.31. The van der Waals surface area contributed by atoms with Crippen LogP contribution in [0.15, 0.2) is 0 Å². The molecule has 0 bridgehead atoms. The van der Waals surface area contributed by atoms with E-state index in [-0.39, 0.29) is 0 Å². The Morgan fingerprint density at radius 3 is 2.79 bits per heavy atom. The Labute approximate surface area is 88.1 Å². The molecule has 2 rings (SSSR count). The zero-order valence-electron chi connectivity index (χ0n) is 9.63. The molecule has 82 valence electrons. The second kappa shape index (κ2) is 4.63. The van der Waals surface area contributed by atoms with Crippen LogP contribution in [0.2, 0.25) is 0 Å². The molecule has 3 unspecified atom stereocenters. The monoisotopic (exact) mass is 196 g/mol. The molecule has 1 saturated carbocycles. The minimum Gasteiger partial charge on any atom is -0.314 e. The van der Waals surface area contributed by atoms with Gasteiger partial charge in [0.2, 0.25) is 0 Å². The SMILES string of the molecule is CC1CC1CNC1CCCN(C)CC1. The standard InChI is InChI=1S/C12H24N2/c1-10-8-11(10)9-13-12-4-3-6-14(2)7-5-12/h10-13H,3-9H2,1-2H3. The number of nitrogens with zero attached hydrogens (tertiary/aromatic N) is 1. The highest BCUT2D eigenvalue weighted by atomic mass is 15.1. The van der Waals surface area contributed by atoms with Gasteiger partial charge in [0.15, 0.2) is 0 Å². The third-order valence-electron chi connectivity index (χ3n) is 3.90. The molecule has 2 nitrogen and oxygen atoms in total. The van der Waals surface area contributed by atoms with Gasteiger partial charge >= 0.3 is 0 Å². The fourth-order valence-corrected chi connectivity index (χ4v) is 2.45. The van der Waals surface area contributed by atoms with Gasteiger partial charge < -0.3 is 10.2 Å². The number of hydrogen-bond acceptors (Lipinski definition) is 2. The molecule has 0 aromatic carbocycles. The van der Waals surface area contributed by atoms with E-state index in [0.29, 0.717) is 0 Å². The summed E-state index contributed by atoms with van der Waals surface area (Å²) in [5.41, 5.74) is 0. The quantitative estimate of drug-likeness (QED) is 0.739. The Bertz CT molecular complexity index is 181. The van der Waals surface area contributed by atoms with Crippen LogP contribution in [0.3, 0.4) is 0 Å². The predicted molar refractivity (Wildman–Crippen MR) is 60.4 cm³/mol. The van der Waals surface area contributed by atoms with Gasteiger partial charge in [-0.2, -0.15) is 0 Å². The molecule has 0 amide bonds. The molecule has 3 atom stereocenters. The van der Waals surface area contributed by atoms with Crippen LogP contribution in [0, 0.1) is 11.8 Å². The Balaban J connectivity index is 1.64. The van der Waals surface area contributed by atoms with Crippen LogP contribution in [0.25, 0.3) is 0 Å². The molecule has 1 aliphatic carbocycles. The Hall–Kier alpha value is -0.0800. The summed E-state index contributed by atoms with van der Waals surface area (Å²) >= 11 is 0. The van der Waals surface area contributed by atoms with Gasteiger partial charge in [0.1, 0.15) is 0 Å². The highest BCUT2D eigenvalue weighted by Gasteiger charge is 2.32. The third-order valence-corrected chi connectivity index (χ3v) is 3.90. The van der Waals surface area contributed by atoms with Crippen molar-refractivity contribution in [3.05, 3.63) is 0 Å². The molecule has 2 heteroatoms. The summed E-state index contributed by atoms with van der Waals surface area (Å²) in [5, 5.41) is 3.75. The van der Waals surface area contributed by atoms with E-state index >= 15 is 0 Å². The second-order valence-corrected chi connectivity index (χ2v) is 5.31. The topological polar surface area (TPSA) is 15.3 Å².